The van der Waals surface area contributed by atoms with Crippen LogP contribution in [-0.2, 0) is 19.1 Å². The molecule has 0 aliphatic carbocycles. The number of nitrogens with zero attached hydrogens (tertiary/aromatic N) is 4. The van der Waals surface area contributed by atoms with Crippen LogP contribution in [0.3, 0.4) is 0 Å². The highest BCUT2D eigenvalue weighted by atomic mass is 19.4. The molecule has 5 aromatic rings. The lowest BCUT2D eigenvalue weighted by molar-refractivity contribution is -0.137. The number of benzene rings is 3. The largest absolute Gasteiger partial charge is 0.425 e. The molecule has 1 aliphatic heterocycles. The molecule has 0 unspecified atom stereocenters. The molecule has 37 heavy (non-hydrogen) atoms. The van der Waals surface area contributed by atoms with Crippen LogP contribution in [0.5, 0.6) is 11.8 Å². The minimum absolute atomic E-state index is 0.165. The summed E-state index contributed by atoms with van der Waals surface area (Å²) in [7, 11) is 0. The van der Waals surface area contributed by atoms with Gasteiger partial charge in [0.1, 0.15) is 5.75 Å². The van der Waals surface area contributed by atoms with Crippen molar-refractivity contribution in [3.05, 3.63) is 106 Å². The molecule has 7 nitrogen and oxygen atoms in total. The van der Waals surface area contributed by atoms with Crippen molar-refractivity contribution in [2.45, 2.75) is 19.1 Å². The number of para-hydroxylation sites is 2. The first-order chi connectivity index (χ1) is 17.9. The SMILES string of the molecule is O=c1c2c(nc(Oc3ccccc3)n1-c1ccccc1)CCN(c1nc3ccc(C(F)(F)F)cc3[nH]1)C2. The number of hydrogen-bond acceptors (Lipinski definition) is 5. The number of hydrogen-bond donors (Lipinski definition) is 1. The molecule has 6 rings (SSSR count). The van der Waals surface area contributed by atoms with Crippen LogP contribution in [0.25, 0.3) is 16.7 Å². The standard InChI is InChI=1S/C27H20F3N5O2/c28-27(29,30)17-11-12-22-23(15-17)32-25(31-22)34-14-13-21-20(16-34)24(36)35(18-7-3-1-4-8-18)26(33-21)37-19-9-5-2-6-10-19/h1-12,15H,13-14,16H2,(H,31,32). The van der Waals surface area contributed by atoms with E-state index in [4.69, 9.17) is 9.72 Å². The van der Waals surface area contributed by atoms with Crippen LogP contribution in [0.15, 0.2) is 83.7 Å². The van der Waals surface area contributed by atoms with Gasteiger partial charge in [0, 0.05) is 13.0 Å². The highest BCUT2D eigenvalue weighted by Gasteiger charge is 2.31. The normalized spacial score (nSPS) is 13.5. The van der Waals surface area contributed by atoms with E-state index >= 15 is 0 Å². The van der Waals surface area contributed by atoms with Crippen molar-refractivity contribution >= 4 is 17.0 Å². The summed E-state index contributed by atoms with van der Waals surface area (Å²) in [6.07, 6.45) is -4.01. The van der Waals surface area contributed by atoms with Gasteiger partial charge in [0.15, 0.2) is 0 Å². The van der Waals surface area contributed by atoms with Crippen LogP contribution in [0, 0.1) is 0 Å². The number of fused-ring (bicyclic) bond motifs is 2. The number of nitrogens with one attached hydrogen (secondary N) is 1. The molecule has 0 saturated heterocycles. The van der Waals surface area contributed by atoms with Gasteiger partial charge in [0.25, 0.3) is 5.56 Å². The summed E-state index contributed by atoms with van der Waals surface area (Å²) in [5.74, 6) is 0.951. The first kappa shape index (κ1) is 22.8. The number of ether oxygens (including phenoxy) is 1. The van der Waals surface area contributed by atoms with Crippen molar-refractivity contribution in [3.63, 3.8) is 0 Å². The molecule has 10 heteroatoms. The second kappa shape index (κ2) is 8.81. The number of imidazole rings is 1. The van der Waals surface area contributed by atoms with Crippen LogP contribution in [0.4, 0.5) is 19.1 Å². The molecular weight excluding hydrogens is 483 g/mol. The Balaban J connectivity index is 1.40. The smallest absolute Gasteiger partial charge is 0.416 e. The minimum atomic E-state index is -4.45. The number of anilines is 1. The maximum absolute atomic E-state index is 13.8. The zero-order valence-corrected chi connectivity index (χ0v) is 19.4. The molecule has 1 aliphatic rings. The Morgan fingerprint density at radius 3 is 2.38 bits per heavy atom. The van der Waals surface area contributed by atoms with E-state index in [0.717, 1.165) is 12.1 Å². The number of aromatic nitrogens is 4. The van der Waals surface area contributed by atoms with Gasteiger partial charge in [-0.3, -0.25) is 4.79 Å². The zero-order valence-electron chi connectivity index (χ0n) is 19.4. The Bertz CT molecular complexity index is 1650. The van der Waals surface area contributed by atoms with E-state index in [9.17, 15) is 18.0 Å². The number of H-pyrrole nitrogens is 1. The number of aromatic amines is 1. The van der Waals surface area contributed by atoms with E-state index in [1.165, 1.54) is 10.6 Å². The zero-order chi connectivity index (χ0) is 25.6. The van der Waals surface area contributed by atoms with Crippen LogP contribution < -0.4 is 15.2 Å². The summed E-state index contributed by atoms with van der Waals surface area (Å²) in [5, 5.41) is 0. The molecule has 0 saturated carbocycles. The van der Waals surface area contributed by atoms with Gasteiger partial charge < -0.3 is 14.6 Å². The molecular formula is C27H20F3N5O2. The lowest BCUT2D eigenvalue weighted by atomic mass is 10.1. The van der Waals surface area contributed by atoms with Gasteiger partial charge in [-0.05, 0) is 42.5 Å². The van der Waals surface area contributed by atoms with Gasteiger partial charge in [0.2, 0.25) is 5.95 Å². The summed E-state index contributed by atoms with van der Waals surface area (Å²) < 4.78 is 46.9. The Morgan fingerprint density at radius 2 is 1.65 bits per heavy atom. The van der Waals surface area contributed by atoms with E-state index in [1.807, 2.05) is 41.3 Å². The Kier molecular flexibility index (Phi) is 5.44. The third kappa shape index (κ3) is 4.31. The van der Waals surface area contributed by atoms with E-state index in [0.29, 0.717) is 47.1 Å². The molecule has 0 atom stereocenters. The molecule has 3 heterocycles. The van der Waals surface area contributed by atoms with Crippen molar-refractivity contribution in [2.24, 2.45) is 0 Å². The fourth-order valence-corrected chi connectivity index (χ4v) is 4.42. The van der Waals surface area contributed by atoms with Gasteiger partial charge in [-0.25, -0.2) is 14.5 Å². The molecule has 3 aromatic carbocycles. The van der Waals surface area contributed by atoms with Crippen LogP contribution in [0.1, 0.15) is 16.8 Å². The molecule has 2 aromatic heterocycles. The molecule has 0 bridgehead atoms. The molecule has 1 N–H and O–H groups in total. The predicted molar refractivity (Wildman–Crippen MR) is 132 cm³/mol. The van der Waals surface area contributed by atoms with Gasteiger partial charge >= 0.3 is 12.2 Å². The first-order valence-corrected chi connectivity index (χ1v) is 11.6. The summed E-state index contributed by atoms with van der Waals surface area (Å²) in [6, 6.07) is 21.8. The highest BCUT2D eigenvalue weighted by Crippen LogP contribution is 2.32. The quantitative estimate of drug-likeness (QED) is 0.351. The van der Waals surface area contributed by atoms with Crippen molar-refractivity contribution < 1.29 is 17.9 Å². The Labute approximate surface area is 208 Å². The second-order valence-electron chi connectivity index (χ2n) is 8.67. The maximum Gasteiger partial charge on any atom is 0.416 e. The van der Waals surface area contributed by atoms with Crippen molar-refractivity contribution in [2.75, 3.05) is 11.4 Å². The monoisotopic (exact) mass is 503 g/mol. The van der Waals surface area contributed by atoms with E-state index < -0.39 is 11.7 Å². The summed E-state index contributed by atoms with van der Waals surface area (Å²) in [6.45, 7) is 0.678. The second-order valence-corrected chi connectivity index (χ2v) is 8.67. The average Bonchev–Trinajstić information content (AvgIpc) is 3.33. The maximum atomic E-state index is 13.8. The van der Waals surface area contributed by atoms with Crippen molar-refractivity contribution in [3.8, 4) is 17.4 Å². The number of alkyl halides is 3. The van der Waals surface area contributed by atoms with Gasteiger partial charge in [0.05, 0.1) is 40.1 Å². The molecule has 0 fully saturated rings. The van der Waals surface area contributed by atoms with E-state index in [2.05, 4.69) is 9.97 Å². The topological polar surface area (TPSA) is 76.0 Å². The average molecular weight is 503 g/mol. The van der Waals surface area contributed by atoms with Crippen LogP contribution in [0.2, 0.25) is 0 Å². The Hall–Kier alpha value is -4.60. The fourth-order valence-electron chi connectivity index (χ4n) is 4.42. The van der Waals surface area contributed by atoms with Crippen molar-refractivity contribution in [1.29, 1.82) is 0 Å². The summed E-state index contributed by atoms with van der Waals surface area (Å²) in [4.78, 5) is 27.8. The van der Waals surface area contributed by atoms with Crippen molar-refractivity contribution in [1.82, 2.24) is 19.5 Å². The third-order valence-corrected chi connectivity index (χ3v) is 6.26. The molecule has 0 radical (unpaired) electrons. The lowest BCUT2D eigenvalue weighted by Crippen LogP contribution is -2.38. The predicted octanol–water partition coefficient (Wildman–Crippen LogP) is 5.48. The number of rotatable bonds is 4. The highest BCUT2D eigenvalue weighted by molar-refractivity contribution is 5.78. The van der Waals surface area contributed by atoms with E-state index in [-0.39, 0.29) is 23.6 Å². The third-order valence-electron chi connectivity index (χ3n) is 6.26. The molecule has 186 valence electrons. The molecule has 0 amide bonds. The van der Waals surface area contributed by atoms with Crippen LogP contribution in [-0.4, -0.2) is 26.1 Å². The fraction of sp³-hybridized carbons (Fsp3) is 0.148. The van der Waals surface area contributed by atoms with E-state index in [1.54, 1.807) is 24.3 Å². The Morgan fingerprint density at radius 1 is 0.919 bits per heavy atom. The number of halogens is 3. The van der Waals surface area contributed by atoms with Gasteiger partial charge in [-0.2, -0.15) is 13.2 Å². The van der Waals surface area contributed by atoms with Crippen LogP contribution >= 0.6 is 0 Å². The lowest BCUT2D eigenvalue weighted by Gasteiger charge is -2.28. The summed E-state index contributed by atoms with van der Waals surface area (Å²) >= 11 is 0. The summed E-state index contributed by atoms with van der Waals surface area (Å²) in [5.41, 5.74) is 1.38. The molecule has 0 spiro atoms. The van der Waals surface area contributed by atoms with Gasteiger partial charge in [-0.15, -0.1) is 0 Å². The van der Waals surface area contributed by atoms with Gasteiger partial charge in [-0.1, -0.05) is 36.4 Å². The first-order valence-electron chi connectivity index (χ1n) is 11.6. The minimum Gasteiger partial charge on any atom is -0.425 e.